The van der Waals surface area contributed by atoms with Crippen molar-refractivity contribution in [2.24, 2.45) is 5.73 Å². The number of rotatable bonds is 4. The average molecular weight is 238 g/mol. The van der Waals surface area contributed by atoms with E-state index in [0.29, 0.717) is 23.9 Å². The molecule has 0 aliphatic rings. The van der Waals surface area contributed by atoms with Crippen molar-refractivity contribution in [1.29, 1.82) is 0 Å². The molecule has 0 aliphatic heterocycles. The molecular formula is C10H12ClN5. The van der Waals surface area contributed by atoms with Crippen molar-refractivity contribution in [1.82, 2.24) is 20.2 Å². The van der Waals surface area contributed by atoms with Crippen molar-refractivity contribution in [3.63, 3.8) is 0 Å². The number of benzene rings is 1. The fraction of sp³-hybridized carbons (Fsp3) is 0.300. The van der Waals surface area contributed by atoms with E-state index in [1.54, 1.807) is 6.07 Å². The number of aryl methyl sites for hydroxylation is 1. The summed E-state index contributed by atoms with van der Waals surface area (Å²) >= 11 is 6.04. The maximum atomic E-state index is 6.04. The molecule has 0 unspecified atom stereocenters. The monoisotopic (exact) mass is 237 g/mol. The van der Waals surface area contributed by atoms with Gasteiger partial charge in [-0.15, -0.1) is 10.2 Å². The molecule has 6 heteroatoms. The molecule has 1 aromatic carbocycles. The van der Waals surface area contributed by atoms with Crippen LogP contribution in [0.25, 0.3) is 11.4 Å². The Hall–Kier alpha value is -1.46. The van der Waals surface area contributed by atoms with Crippen LogP contribution < -0.4 is 5.73 Å². The van der Waals surface area contributed by atoms with Gasteiger partial charge in [0.1, 0.15) is 0 Å². The van der Waals surface area contributed by atoms with Gasteiger partial charge in [-0.05, 0) is 30.3 Å². The van der Waals surface area contributed by atoms with Crippen LogP contribution in [0, 0.1) is 0 Å². The van der Waals surface area contributed by atoms with Crippen LogP contribution >= 0.6 is 11.6 Å². The van der Waals surface area contributed by atoms with Crippen LogP contribution in [0.1, 0.15) is 6.42 Å². The van der Waals surface area contributed by atoms with Gasteiger partial charge in [0.2, 0.25) is 5.82 Å². The first-order valence-electron chi connectivity index (χ1n) is 5.04. The van der Waals surface area contributed by atoms with Crippen LogP contribution in [-0.2, 0) is 6.54 Å². The van der Waals surface area contributed by atoms with Gasteiger partial charge in [-0.1, -0.05) is 23.7 Å². The van der Waals surface area contributed by atoms with Crippen LogP contribution in [0.2, 0.25) is 5.02 Å². The largest absolute Gasteiger partial charge is 0.330 e. The topological polar surface area (TPSA) is 69.6 Å². The molecule has 0 spiro atoms. The number of hydrogen-bond donors (Lipinski definition) is 1. The normalized spacial score (nSPS) is 10.6. The van der Waals surface area contributed by atoms with E-state index < -0.39 is 0 Å². The van der Waals surface area contributed by atoms with E-state index in [4.69, 9.17) is 17.3 Å². The van der Waals surface area contributed by atoms with Gasteiger partial charge in [-0.2, -0.15) is 4.80 Å². The summed E-state index contributed by atoms with van der Waals surface area (Å²) in [7, 11) is 0. The van der Waals surface area contributed by atoms with Crippen LogP contribution in [0.3, 0.4) is 0 Å². The van der Waals surface area contributed by atoms with Gasteiger partial charge in [0.15, 0.2) is 0 Å². The number of tetrazole rings is 1. The number of nitrogens with two attached hydrogens (primary N) is 1. The van der Waals surface area contributed by atoms with Gasteiger partial charge in [-0.25, -0.2) is 0 Å². The van der Waals surface area contributed by atoms with Gasteiger partial charge in [0.25, 0.3) is 0 Å². The Morgan fingerprint density at radius 2 is 2.12 bits per heavy atom. The molecule has 0 atom stereocenters. The summed E-state index contributed by atoms with van der Waals surface area (Å²) in [5.41, 5.74) is 6.20. The molecule has 2 aromatic rings. The zero-order valence-electron chi connectivity index (χ0n) is 8.67. The van der Waals surface area contributed by atoms with Crippen LogP contribution in [0.5, 0.6) is 0 Å². The lowest BCUT2D eigenvalue weighted by molar-refractivity contribution is 0.504. The van der Waals surface area contributed by atoms with Crippen molar-refractivity contribution in [2.75, 3.05) is 6.54 Å². The minimum absolute atomic E-state index is 0.544. The van der Waals surface area contributed by atoms with E-state index in [1.165, 1.54) is 4.80 Å². The van der Waals surface area contributed by atoms with Gasteiger partial charge < -0.3 is 5.73 Å². The fourth-order valence-corrected chi connectivity index (χ4v) is 1.54. The molecule has 1 aromatic heterocycles. The molecular weight excluding hydrogens is 226 g/mol. The molecule has 0 fully saturated rings. The molecule has 2 rings (SSSR count). The Labute approximate surface area is 98.2 Å². The third kappa shape index (κ3) is 2.37. The zero-order chi connectivity index (χ0) is 11.4. The smallest absolute Gasteiger partial charge is 0.206 e. The SMILES string of the molecule is NCCCn1nnc(-c2ccccc2Cl)n1. The summed E-state index contributed by atoms with van der Waals surface area (Å²) in [6, 6.07) is 7.43. The highest BCUT2D eigenvalue weighted by atomic mass is 35.5. The lowest BCUT2D eigenvalue weighted by Crippen LogP contribution is -2.08. The van der Waals surface area contributed by atoms with Crippen molar-refractivity contribution in [3.8, 4) is 11.4 Å². The second-order valence-electron chi connectivity index (χ2n) is 3.33. The summed E-state index contributed by atoms with van der Waals surface area (Å²) in [5.74, 6) is 0.544. The van der Waals surface area contributed by atoms with Gasteiger partial charge in [0, 0.05) is 5.56 Å². The summed E-state index contributed by atoms with van der Waals surface area (Å²) in [6.07, 6.45) is 0.832. The standard InChI is InChI=1S/C10H12ClN5/c11-9-5-2-1-4-8(9)10-13-15-16(14-10)7-3-6-12/h1-2,4-5H,3,6-7,12H2. The maximum Gasteiger partial charge on any atom is 0.206 e. The molecule has 84 valence electrons. The first-order valence-corrected chi connectivity index (χ1v) is 5.42. The molecule has 0 amide bonds. The third-order valence-corrected chi connectivity index (χ3v) is 2.46. The lowest BCUT2D eigenvalue weighted by atomic mass is 10.2. The van der Waals surface area contributed by atoms with E-state index in [0.717, 1.165) is 12.0 Å². The highest BCUT2D eigenvalue weighted by Gasteiger charge is 2.08. The Balaban J connectivity index is 2.22. The number of halogens is 1. The predicted molar refractivity (Wildman–Crippen MR) is 61.9 cm³/mol. The molecule has 0 bridgehead atoms. The average Bonchev–Trinajstić information content (AvgIpc) is 2.75. The second kappa shape index (κ2) is 5.05. The highest BCUT2D eigenvalue weighted by Crippen LogP contribution is 2.23. The number of nitrogens with zero attached hydrogens (tertiary/aromatic N) is 4. The Kier molecular flexibility index (Phi) is 3.48. The lowest BCUT2D eigenvalue weighted by Gasteiger charge is -1.97. The predicted octanol–water partition coefficient (Wildman–Crippen LogP) is 1.34. The molecule has 16 heavy (non-hydrogen) atoms. The molecule has 0 aliphatic carbocycles. The number of hydrogen-bond acceptors (Lipinski definition) is 4. The second-order valence-corrected chi connectivity index (χ2v) is 3.74. The van der Waals surface area contributed by atoms with Crippen LogP contribution in [-0.4, -0.2) is 26.8 Å². The van der Waals surface area contributed by atoms with Gasteiger partial charge in [0.05, 0.1) is 11.6 Å². The summed E-state index contributed by atoms with van der Waals surface area (Å²) in [4.78, 5) is 1.53. The minimum atomic E-state index is 0.544. The van der Waals surface area contributed by atoms with Crippen molar-refractivity contribution in [2.45, 2.75) is 13.0 Å². The maximum absolute atomic E-state index is 6.04. The minimum Gasteiger partial charge on any atom is -0.330 e. The first kappa shape index (κ1) is 11.0. The molecule has 0 saturated heterocycles. The van der Waals surface area contributed by atoms with E-state index in [9.17, 15) is 0 Å². The molecule has 0 saturated carbocycles. The van der Waals surface area contributed by atoms with E-state index in [-0.39, 0.29) is 0 Å². The zero-order valence-corrected chi connectivity index (χ0v) is 9.43. The molecule has 2 N–H and O–H groups in total. The molecule has 0 radical (unpaired) electrons. The van der Waals surface area contributed by atoms with Crippen molar-refractivity contribution < 1.29 is 0 Å². The summed E-state index contributed by atoms with van der Waals surface area (Å²) in [5, 5.41) is 12.7. The Morgan fingerprint density at radius 3 is 2.88 bits per heavy atom. The van der Waals surface area contributed by atoms with E-state index >= 15 is 0 Å². The first-order chi connectivity index (χ1) is 7.81. The van der Waals surface area contributed by atoms with Crippen LogP contribution in [0.4, 0.5) is 0 Å². The van der Waals surface area contributed by atoms with Crippen molar-refractivity contribution in [3.05, 3.63) is 29.3 Å². The number of aromatic nitrogens is 4. The Morgan fingerprint density at radius 1 is 1.31 bits per heavy atom. The van der Waals surface area contributed by atoms with E-state index in [1.807, 2.05) is 18.2 Å². The highest BCUT2D eigenvalue weighted by molar-refractivity contribution is 6.33. The molecule has 1 heterocycles. The molecule has 5 nitrogen and oxygen atoms in total. The quantitative estimate of drug-likeness (QED) is 0.871. The van der Waals surface area contributed by atoms with Gasteiger partial charge in [-0.3, -0.25) is 0 Å². The van der Waals surface area contributed by atoms with E-state index in [2.05, 4.69) is 15.4 Å². The third-order valence-electron chi connectivity index (χ3n) is 2.13. The van der Waals surface area contributed by atoms with Gasteiger partial charge >= 0.3 is 0 Å². The summed E-state index contributed by atoms with van der Waals surface area (Å²) < 4.78 is 0. The summed E-state index contributed by atoms with van der Waals surface area (Å²) in [6.45, 7) is 1.29. The van der Waals surface area contributed by atoms with Crippen LogP contribution in [0.15, 0.2) is 24.3 Å². The van der Waals surface area contributed by atoms with Crippen molar-refractivity contribution >= 4 is 11.6 Å². The Bertz CT molecular complexity index is 468. The fourth-order valence-electron chi connectivity index (χ4n) is 1.32.